The van der Waals surface area contributed by atoms with Gasteiger partial charge in [-0.3, -0.25) is 9.69 Å². The maximum Gasteiger partial charge on any atom is 0.305 e. The maximum atomic E-state index is 11.6. The molecule has 2 aromatic rings. The fraction of sp³-hybridized carbons (Fsp3) is 0.609. The Kier molecular flexibility index (Phi) is 5.82. The van der Waals surface area contributed by atoms with Crippen LogP contribution in [0.1, 0.15) is 68.7 Å². The Morgan fingerprint density at radius 3 is 2.85 bits per heavy atom. The molecule has 0 saturated heterocycles. The summed E-state index contributed by atoms with van der Waals surface area (Å²) in [4.78, 5) is 18.0. The monoisotopic (exact) mass is 368 g/mol. The molecule has 0 amide bonds. The molecule has 0 radical (unpaired) electrons. The fourth-order valence-electron chi connectivity index (χ4n) is 5.16. The van der Waals surface area contributed by atoms with Gasteiger partial charge in [-0.25, -0.2) is 0 Å². The minimum absolute atomic E-state index is 0.0958. The molecule has 1 unspecified atom stereocenters. The van der Waals surface area contributed by atoms with Crippen LogP contribution >= 0.6 is 0 Å². The zero-order valence-corrected chi connectivity index (χ0v) is 16.5. The molecule has 1 saturated carbocycles. The largest absolute Gasteiger partial charge is 0.469 e. The van der Waals surface area contributed by atoms with E-state index in [9.17, 15) is 4.79 Å². The average molecular weight is 369 g/mol. The minimum Gasteiger partial charge on any atom is -0.469 e. The number of nitrogens with zero attached hydrogens (tertiary/aromatic N) is 1. The Balaban J connectivity index is 1.56. The van der Waals surface area contributed by atoms with Crippen LogP contribution in [-0.2, 0) is 16.0 Å². The summed E-state index contributed by atoms with van der Waals surface area (Å²) in [6, 6.07) is 9.07. The van der Waals surface area contributed by atoms with Crippen molar-refractivity contribution in [2.45, 2.75) is 63.8 Å². The molecule has 2 heterocycles. The van der Waals surface area contributed by atoms with Crippen molar-refractivity contribution < 1.29 is 9.53 Å². The summed E-state index contributed by atoms with van der Waals surface area (Å²) in [7, 11) is 1.48. The first-order chi connectivity index (χ1) is 13.3. The number of aromatic amines is 1. The number of rotatable bonds is 6. The average Bonchev–Trinajstić information content (AvgIpc) is 3.09. The number of ether oxygens (including phenoxy) is 1. The van der Waals surface area contributed by atoms with E-state index in [1.165, 1.54) is 67.9 Å². The number of aromatic nitrogens is 1. The van der Waals surface area contributed by atoms with Crippen molar-refractivity contribution >= 4 is 16.9 Å². The van der Waals surface area contributed by atoms with E-state index >= 15 is 0 Å². The number of fused-ring (bicyclic) bond motifs is 3. The lowest BCUT2D eigenvalue weighted by atomic mass is 9.87. The third-order valence-corrected chi connectivity index (χ3v) is 6.57. The molecule has 1 aliphatic carbocycles. The van der Waals surface area contributed by atoms with Gasteiger partial charge in [-0.2, -0.15) is 0 Å². The van der Waals surface area contributed by atoms with Gasteiger partial charge >= 0.3 is 5.97 Å². The summed E-state index contributed by atoms with van der Waals surface area (Å²) >= 11 is 0. The first-order valence-corrected chi connectivity index (χ1v) is 10.7. The first kappa shape index (κ1) is 18.5. The van der Waals surface area contributed by atoms with Crippen LogP contribution in [0.4, 0.5) is 0 Å². The van der Waals surface area contributed by atoms with Gasteiger partial charge in [-0.1, -0.05) is 37.5 Å². The molecule has 146 valence electrons. The number of nitrogens with one attached hydrogen (secondary N) is 1. The summed E-state index contributed by atoms with van der Waals surface area (Å²) < 4.78 is 4.85. The van der Waals surface area contributed by atoms with E-state index in [0.29, 0.717) is 12.5 Å². The highest BCUT2D eigenvalue weighted by Crippen LogP contribution is 2.38. The molecule has 1 N–H and O–H groups in total. The lowest BCUT2D eigenvalue weighted by Crippen LogP contribution is -2.39. The molecule has 4 rings (SSSR count). The van der Waals surface area contributed by atoms with E-state index < -0.39 is 0 Å². The van der Waals surface area contributed by atoms with Crippen molar-refractivity contribution in [3.63, 3.8) is 0 Å². The molecule has 0 spiro atoms. The highest BCUT2D eigenvalue weighted by atomic mass is 16.5. The van der Waals surface area contributed by atoms with E-state index in [2.05, 4.69) is 34.1 Å². The number of carbonyl (C=O) groups is 1. The molecule has 2 aliphatic rings. The number of H-pyrrole nitrogens is 1. The zero-order chi connectivity index (χ0) is 18.6. The molecule has 1 atom stereocenters. The Morgan fingerprint density at radius 1 is 1.22 bits per heavy atom. The third kappa shape index (κ3) is 4.06. The lowest BCUT2D eigenvalue weighted by molar-refractivity contribution is -0.140. The summed E-state index contributed by atoms with van der Waals surface area (Å²) in [6.07, 6.45) is 10.5. The van der Waals surface area contributed by atoms with Gasteiger partial charge < -0.3 is 9.72 Å². The van der Waals surface area contributed by atoms with Gasteiger partial charge in [0, 0.05) is 36.1 Å². The van der Waals surface area contributed by atoms with Crippen LogP contribution in [0.2, 0.25) is 0 Å². The van der Waals surface area contributed by atoms with Gasteiger partial charge in [-0.05, 0) is 49.7 Å². The Bertz CT molecular complexity index is 776. The quantitative estimate of drug-likeness (QED) is 0.731. The smallest absolute Gasteiger partial charge is 0.305 e. The second kappa shape index (κ2) is 8.47. The van der Waals surface area contributed by atoms with Crippen molar-refractivity contribution in [3.8, 4) is 0 Å². The molecule has 1 fully saturated rings. The van der Waals surface area contributed by atoms with Crippen molar-refractivity contribution in [2.24, 2.45) is 5.92 Å². The minimum atomic E-state index is -0.0958. The van der Waals surface area contributed by atoms with Gasteiger partial charge in [0.25, 0.3) is 0 Å². The number of methoxy groups -OCH3 is 1. The predicted molar refractivity (Wildman–Crippen MR) is 109 cm³/mol. The SMILES string of the molecule is COC(=O)CCCC1c2[nH]c3ccccc3c2CCN1CC1CCCCC1. The maximum absolute atomic E-state index is 11.6. The molecule has 1 aromatic heterocycles. The van der Waals surface area contributed by atoms with E-state index in [-0.39, 0.29) is 5.97 Å². The predicted octanol–water partition coefficient (Wildman–Crippen LogP) is 4.99. The van der Waals surface area contributed by atoms with Crippen molar-refractivity contribution in [2.75, 3.05) is 20.2 Å². The number of benzene rings is 1. The number of para-hydroxylation sites is 1. The normalized spacial score (nSPS) is 21.3. The van der Waals surface area contributed by atoms with Crippen LogP contribution in [0, 0.1) is 5.92 Å². The van der Waals surface area contributed by atoms with Crippen molar-refractivity contribution in [3.05, 3.63) is 35.5 Å². The molecule has 1 aliphatic heterocycles. The van der Waals surface area contributed by atoms with Crippen LogP contribution in [0.15, 0.2) is 24.3 Å². The van der Waals surface area contributed by atoms with E-state index in [4.69, 9.17) is 4.74 Å². The lowest BCUT2D eigenvalue weighted by Gasteiger charge is -2.39. The van der Waals surface area contributed by atoms with Crippen LogP contribution in [0.3, 0.4) is 0 Å². The fourth-order valence-corrected chi connectivity index (χ4v) is 5.16. The molecule has 4 heteroatoms. The van der Waals surface area contributed by atoms with Gasteiger partial charge in [-0.15, -0.1) is 0 Å². The highest BCUT2D eigenvalue weighted by molar-refractivity contribution is 5.85. The Hall–Kier alpha value is -1.81. The van der Waals surface area contributed by atoms with E-state index in [1.807, 2.05) is 0 Å². The number of esters is 1. The zero-order valence-electron chi connectivity index (χ0n) is 16.5. The number of hydrogen-bond acceptors (Lipinski definition) is 3. The van der Waals surface area contributed by atoms with Crippen LogP contribution in [0.5, 0.6) is 0 Å². The molecule has 27 heavy (non-hydrogen) atoms. The van der Waals surface area contributed by atoms with Crippen molar-refractivity contribution in [1.29, 1.82) is 0 Å². The topological polar surface area (TPSA) is 45.3 Å². The number of hydrogen-bond donors (Lipinski definition) is 1. The molecule has 1 aromatic carbocycles. The van der Waals surface area contributed by atoms with Gasteiger partial charge in [0.2, 0.25) is 0 Å². The molecular weight excluding hydrogens is 336 g/mol. The summed E-state index contributed by atoms with van der Waals surface area (Å²) in [5.41, 5.74) is 4.14. The Morgan fingerprint density at radius 2 is 2.04 bits per heavy atom. The summed E-state index contributed by atoms with van der Waals surface area (Å²) in [5.74, 6) is 0.745. The highest BCUT2D eigenvalue weighted by Gasteiger charge is 2.31. The van der Waals surface area contributed by atoms with Crippen molar-refractivity contribution in [1.82, 2.24) is 9.88 Å². The molecule has 0 bridgehead atoms. The molecular formula is C23H32N2O2. The Labute approximate surface area is 162 Å². The standard InChI is InChI=1S/C23H32N2O2/c1-27-22(26)13-7-12-21-23-19(18-10-5-6-11-20(18)24-23)14-15-25(21)16-17-8-3-2-4-9-17/h5-6,10-11,17,21,24H,2-4,7-9,12-16H2,1H3. The van der Waals surface area contributed by atoms with Gasteiger partial charge in [0.1, 0.15) is 0 Å². The molecule has 4 nitrogen and oxygen atoms in total. The van der Waals surface area contributed by atoms with Crippen LogP contribution < -0.4 is 0 Å². The number of carbonyl (C=O) groups excluding carboxylic acids is 1. The van der Waals surface area contributed by atoms with E-state index in [0.717, 1.165) is 31.7 Å². The summed E-state index contributed by atoms with van der Waals surface area (Å²) in [6.45, 7) is 2.34. The van der Waals surface area contributed by atoms with Gasteiger partial charge in [0.05, 0.1) is 13.2 Å². The van der Waals surface area contributed by atoms with Crippen LogP contribution in [0.25, 0.3) is 10.9 Å². The first-order valence-electron chi connectivity index (χ1n) is 10.7. The van der Waals surface area contributed by atoms with Crippen LogP contribution in [-0.4, -0.2) is 36.1 Å². The second-order valence-corrected chi connectivity index (χ2v) is 8.30. The van der Waals surface area contributed by atoms with E-state index in [1.54, 1.807) is 0 Å². The third-order valence-electron chi connectivity index (χ3n) is 6.57. The second-order valence-electron chi connectivity index (χ2n) is 8.30. The van der Waals surface area contributed by atoms with Gasteiger partial charge in [0.15, 0.2) is 0 Å². The summed E-state index contributed by atoms with van der Waals surface area (Å²) in [5, 5.41) is 1.38.